The molecule has 0 aliphatic rings. The Morgan fingerprint density at radius 2 is 2.08 bits per heavy atom. The van der Waals surface area contributed by atoms with E-state index < -0.39 is 18.9 Å². The van der Waals surface area contributed by atoms with Gasteiger partial charge in [-0.25, -0.2) is 13.8 Å². The summed E-state index contributed by atoms with van der Waals surface area (Å²) in [5.41, 5.74) is 1.90. The first-order valence-corrected chi connectivity index (χ1v) is 7.26. The molecule has 0 saturated carbocycles. The molecule has 9 heteroatoms. The maximum absolute atomic E-state index is 12.3. The van der Waals surface area contributed by atoms with E-state index >= 15 is 0 Å². The number of halogens is 2. The van der Waals surface area contributed by atoms with Gasteiger partial charge in [0.15, 0.2) is 6.61 Å². The van der Waals surface area contributed by atoms with Crippen LogP contribution in [-0.4, -0.2) is 39.1 Å². The average molecular weight is 345 g/mol. The zero-order valence-corrected chi connectivity index (χ0v) is 12.8. The highest BCUT2D eigenvalue weighted by molar-refractivity contribution is 6.05. The van der Waals surface area contributed by atoms with Gasteiger partial charge in [-0.2, -0.15) is 5.10 Å². The predicted molar refractivity (Wildman–Crippen MR) is 85.5 cm³/mol. The number of rotatable bonds is 6. The van der Waals surface area contributed by atoms with Gasteiger partial charge >= 0.3 is 0 Å². The molecule has 128 valence electrons. The number of ether oxygens (including phenoxy) is 1. The number of nitrogens with zero attached hydrogens (tertiary/aromatic N) is 3. The Morgan fingerprint density at radius 3 is 2.76 bits per heavy atom. The number of aromatic nitrogens is 4. The van der Waals surface area contributed by atoms with Crippen molar-refractivity contribution in [2.45, 2.75) is 6.43 Å². The number of aromatic amines is 1. The fourth-order valence-corrected chi connectivity index (χ4v) is 2.03. The lowest BCUT2D eigenvalue weighted by Crippen LogP contribution is -2.13. The van der Waals surface area contributed by atoms with Crippen molar-refractivity contribution in [2.24, 2.45) is 0 Å². The van der Waals surface area contributed by atoms with Gasteiger partial charge in [-0.1, -0.05) is 6.07 Å². The smallest absolute Gasteiger partial charge is 0.272 e. The van der Waals surface area contributed by atoms with Crippen LogP contribution in [0.2, 0.25) is 0 Å². The maximum Gasteiger partial charge on any atom is 0.272 e. The second-order valence-corrected chi connectivity index (χ2v) is 4.91. The summed E-state index contributed by atoms with van der Waals surface area (Å²) in [5.74, 6) is -0.402. The largest absolute Gasteiger partial charge is 0.472 e. The molecule has 7 nitrogen and oxygen atoms in total. The molecule has 3 heterocycles. The molecule has 0 radical (unpaired) electrons. The normalized spacial score (nSPS) is 10.7. The lowest BCUT2D eigenvalue weighted by molar-refractivity contribution is 0.0795. The number of H-pyrrole nitrogens is 1. The number of carbonyl (C=O) groups is 1. The number of alkyl halides is 2. The molecule has 0 saturated heterocycles. The molecule has 0 aromatic carbocycles. The third kappa shape index (κ3) is 4.14. The molecule has 0 unspecified atom stereocenters. The van der Waals surface area contributed by atoms with Gasteiger partial charge in [0, 0.05) is 18.5 Å². The number of anilines is 1. The van der Waals surface area contributed by atoms with Crippen molar-refractivity contribution in [3.05, 3.63) is 54.5 Å². The molecular formula is C16H13F2N5O2. The average Bonchev–Trinajstić information content (AvgIpc) is 3.09. The van der Waals surface area contributed by atoms with Crippen LogP contribution in [0.15, 0.2) is 48.9 Å². The SMILES string of the molecule is O=C(Nc1cn[nH]c1-c1ccccn1)c1ccc(OCC(F)F)nc1. The zero-order chi connectivity index (χ0) is 17.6. The van der Waals surface area contributed by atoms with Crippen LogP contribution in [0, 0.1) is 0 Å². The van der Waals surface area contributed by atoms with E-state index in [4.69, 9.17) is 4.74 Å². The van der Waals surface area contributed by atoms with Crippen LogP contribution >= 0.6 is 0 Å². The van der Waals surface area contributed by atoms with Crippen molar-refractivity contribution in [1.29, 1.82) is 0 Å². The summed E-state index contributed by atoms with van der Waals surface area (Å²) in [6.07, 6.45) is 1.76. The Bertz CT molecular complexity index is 837. The van der Waals surface area contributed by atoms with E-state index in [1.807, 2.05) is 6.07 Å². The van der Waals surface area contributed by atoms with Crippen LogP contribution in [0.5, 0.6) is 5.88 Å². The summed E-state index contributed by atoms with van der Waals surface area (Å²) >= 11 is 0. The molecule has 1 amide bonds. The van der Waals surface area contributed by atoms with E-state index in [0.29, 0.717) is 17.1 Å². The lowest BCUT2D eigenvalue weighted by atomic mass is 10.2. The van der Waals surface area contributed by atoms with E-state index in [0.717, 1.165) is 0 Å². The van der Waals surface area contributed by atoms with E-state index in [1.54, 1.807) is 18.3 Å². The van der Waals surface area contributed by atoms with E-state index in [-0.39, 0.29) is 11.4 Å². The zero-order valence-electron chi connectivity index (χ0n) is 12.8. The van der Waals surface area contributed by atoms with Gasteiger partial charge in [-0.05, 0) is 18.2 Å². The first-order valence-electron chi connectivity index (χ1n) is 7.26. The minimum atomic E-state index is -2.59. The van der Waals surface area contributed by atoms with Crippen molar-refractivity contribution >= 4 is 11.6 Å². The van der Waals surface area contributed by atoms with Crippen LogP contribution in [0.1, 0.15) is 10.4 Å². The molecule has 0 aliphatic heterocycles. The van der Waals surface area contributed by atoms with E-state index in [9.17, 15) is 13.6 Å². The fraction of sp³-hybridized carbons (Fsp3) is 0.125. The second kappa shape index (κ2) is 7.47. The Balaban J connectivity index is 1.70. The van der Waals surface area contributed by atoms with Gasteiger partial charge in [0.2, 0.25) is 5.88 Å². The summed E-state index contributed by atoms with van der Waals surface area (Å²) < 4.78 is 28.9. The summed E-state index contributed by atoms with van der Waals surface area (Å²) in [6, 6.07) is 8.16. The Labute approximate surface area is 141 Å². The van der Waals surface area contributed by atoms with Crippen LogP contribution in [0.4, 0.5) is 14.5 Å². The minimum absolute atomic E-state index is 0.0225. The Morgan fingerprint density at radius 1 is 1.20 bits per heavy atom. The minimum Gasteiger partial charge on any atom is -0.472 e. The fourth-order valence-electron chi connectivity index (χ4n) is 2.03. The van der Waals surface area contributed by atoms with Crippen molar-refractivity contribution < 1.29 is 18.3 Å². The molecule has 0 bridgehead atoms. The highest BCUT2D eigenvalue weighted by Crippen LogP contribution is 2.23. The molecule has 0 fully saturated rings. The van der Waals surface area contributed by atoms with Crippen LogP contribution in [-0.2, 0) is 0 Å². The first kappa shape index (κ1) is 16.5. The predicted octanol–water partition coefficient (Wildman–Crippen LogP) is 2.76. The number of amides is 1. The molecular weight excluding hydrogens is 332 g/mol. The van der Waals surface area contributed by atoms with E-state index in [1.165, 1.54) is 24.5 Å². The number of hydrogen-bond donors (Lipinski definition) is 2. The van der Waals surface area contributed by atoms with Crippen molar-refractivity contribution in [1.82, 2.24) is 20.2 Å². The van der Waals surface area contributed by atoms with Crippen LogP contribution in [0.25, 0.3) is 11.4 Å². The second-order valence-electron chi connectivity index (χ2n) is 4.91. The van der Waals surface area contributed by atoms with Gasteiger partial charge < -0.3 is 10.1 Å². The molecule has 2 N–H and O–H groups in total. The molecule has 0 spiro atoms. The summed E-state index contributed by atoms with van der Waals surface area (Å²) in [5, 5.41) is 9.40. The van der Waals surface area contributed by atoms with Gasteiger partial charge in [0.1, 0.15) is 5.69 Å². The van der Waals surface area contributed by atoms with Crippen molar-refractivity contribution in [3.8, 4) is 17.3 Å². The summed E-state index contributed by atoms with van der Waals surface area (Å²) in [6.45, 7) is -0.749. The highest BCUT2D eigenvalue weighted by atomic mass is 19.3. The molecule has 25 heavy (non-hydrogen) atoms. The van der Waals surface area contributed by atoms with Crippen LogP contribution in [0.3, 0.4) is 0 Å². The number of carbonyl (C=O) groups excluding carboxylic acids is 1. The summed E-state index contributed by atoms with van der Waals surface area (Å²) in [7, 11) is 0. The third-order valence-electron chi connectivity index (χ3n) is 3.16. The molecule has 0 aliphatic carbocycles. The third-order valence-corrected chi connectivity index (χ3v) is 3.16. The van der Waals surface area contributed by atoms with Gasteiger partial charge in [0.05, 0.1) is 23.1 Å². The molecule has 0 atom stereocenters. The van der Waals surface area contributed by atoms with Crippen LogP contribution < -0.4 is 10.1 Å². The number of pyridine rings is 2. The van der Waals surface area contributed by atoms with E-state index in [2.05, 4.69) is 25.5 Å². The first-order chi connectivity index (χ1) is 12.1. The molecule has 3 aromatic heterocycles. The quantitative estimate of drug-likeness (QED) is 0.717. The number of nitrogens with one attached hydrogen (secondary N) is 2. The van der Waals surface area contributed by atoms with Crippen molar-refractivity contribution in [2.75, 3.05) is 11.9 Å². The monoisotopic (exact) mass is 345 g/mol. The standard InChI is InChI=1S/C16H13F2N5O2/c17-13(18)9-25-14-5-4-10(7-20-14)16(24)22-12-8-21-23-15(12)11-3-1-2-6-19-11/h1-8,13H,9H2,(H,21,23)(H,22,24). The topological polar surface area (TPSA) is 92.8 Å². The Hall–Kier alpha value is -3.36. The van der Waals surface area contributed by atoms with Crippen molar-refractivity contribution in [3.63, 3.8) is 0 Å². The van der Waals surface area contributed by atoms with Gasteiger partial charge in [-0.3, -0.25) is 14.9 Å². The Kier molecular flexibility index (Phi) is 4.93. The lowest BCUT2D eigenvalue weighted by Gasteiger charge is -2.07. The molecule has 3 rings (SSSR count). The van der Waals surface area contributed by atoms with Gasteiger partial charge in [0.25, 0.3) is 12.3 Å². The maximum atomic E-state index is 12.3. The highest BCUT2D eigenvalue weighted by Gasteiger charge is 2.14. The summed E-state index contributed by atoms with van der Waals surface area (Å²) in [4.78, 5) is 20.3. The van der Waals surface area contributed by atoms with Gasteiger partial charge in [-0.15, -0.1) is 0 Å². The number of hydrogen-bond acceptors (Lipinski definition) is 5. The molecule has 3 aromatic rings.